The third-order valence-electron chi connectivity index (χ3n) is 6.22. The molecule has 5 nitrogen and oxygen atoms in total. The van der Waals surface area contributed by atoms with Crippen molar-refractivity contribution in [3.05, 3.63) is 58.2 Å². The molecule has 1 aliphatic heterocycles. The number of amides is 1. The molecule has 29 heavy (non-hydrogen) atoms. The normalized spacial score (nSPS) is 19.3. The highest BCUT2D eigenvalue weighted by molar-refractivity contribution is 6.01. The zero-order chi connectivity index (χ0) is 20.5. The van der Waals surface area contributed by atoms with Crippen molar-refractivity contribution in [2.75, 3.05) is 13.1 Å². The van der Waals surface area contributed by atoms with Crippen molar-refractivity contribution < 1.29 is 19.1 Å². The molecule has 2 heterocycles. The maximum absolute atomic E-state index is 14.2. The summed E-state index contributed by atoms with van der Waals surface area (Å²) in [4.78, 5) is 27.4. The second-order valence-corrected chi connectivity index (χ2v) is 8.15. The van der Waals surface area contributed by atoms with E-state index < -0.39 is 6.10 Å². The molecule has 1 aromatic heterocycles. The van der Waals surface area contributed by atoms with Gasteiger partial charge in [-0.3, -0.25) is 9.59 Å². The van der Waals surface area contributed by atoms with Crippen LogP contribution in [-0.4, -0.2) is 45.5 Å². The van der Waals surface area contributed by atoms with E-state index in [1.807, 2.05) is 11.5 Å². The molecular weight excluding hydrogens is 371 g/mol. The van der Waals surface area contributed by atoms with Gasteiger partial charge in [0.1, 0.15) is 5.82 Å². The van der Waals surface area contributed by atoms with Gasteiger partial charge in [0.05, 0.1) is 19.1 Å². The van der Waals surface area contributed by atoms with E-state index in [2.05, 4.69) is 0 Å². The Morgan fingerprint density at radius 1 is 1.24 bits per heavy atom. The molecule has 1 atom stereocenters. The van der Waals surface area contributed by atoms with E-state index in [0.29, 0.717) is 37.2 Å². The van der Waals surface area contributed by atoms with Crippen molar-refractivity contribution in [2.45, 2.75) is 58.1 Å². The number of hydrogen-bond acceptors (Lipinski definition) is 3. The zero-order valence-electron chi connectivity index (χ0n) is 16.8. The number of carbonyl (C=O) groups excluding carboxylic acids is 2. The lowest BCUT2D eigenvalue weighted by molar-refractivity contribution is -0.133. The number of benzene rings is 1. The van der Waals surface area contributed by atoms with Crippen LogP contribution in [0.1, 0.15) is 58.6 Å². The van der Waals surface area contributed by atoms with Crippen LogP contribution in [0.25, 0.3) is 0 Å². The Kier molecular flexibility index (Phi) is 5.54. The van der Waals surface area contributed by atoms with E-state index in [9.17, 15) is 19.1 Å². The molecule has 0 bridgehead atoms. The van der Waals surface area contributed by atoms with Gasteiger partial charge < -0.3 is 14.6 Å². The number of carbonyl (C=O) groups is 2. The number of aromatic nitrogens is 1. The number of aliphatic hydroxyl groups excluding tert-OH is 1. The molecule has 1 fully saturated rings. The van der Waals surface area contributed by atoms with Gasteiger partial charge in [0.2, 0.25) is 5.91 Å². The van der Waals surface area contributed by atoms with Crippen molar-refractivity contribution in [3.63, 3.8) is 0 Å². The molecule has 1 aromatic carbocycles. The topological polar surface area (TPSA) is 62.5 Å². The highest BCUT2D eigenvalue weighted by Crippen LogP contribution is 2.32. The highest BCUT2D eigenvalue weighted by Gasteiger charge is 2.31. The number of ketones is 1. The molecule has 0 unspecified atom stereocenters. The molecule has 2 aromatic rings. The first kappa shape index (κ1) is 19.8. The number of rotatable bonds is 4. The number of piperidine rings is 1. The molecule has 2 aliphatic rings. The lowest BCUT2D eigenvalue weighted by atomic mass is 9.91. The number of fused-ring (bicyclic) bond motifs is 1. The number of nitrogens with zero attached hydrogens (tertiary/aromatic N) is 2. The number of halogens is 1. The Balaban J connectivity index is 1.68. The van der Waals surface area contributed by atoms with E-state index in [0.717, 1.165) is 42.6 Å². The van der Waals surface area contributed by atoms with Gasteiger partial charge in [0, 0.05) is 42.0 Å². The standard InChI is InChI=1S/C23H27FN2O3/c1-15-18(12-22(29)25-11-5-7-17(27)14-25)23-20(9-4-10-21(23)28)26(15)13-16-6-2-3-8-19(16)24/h2-3,6,8,17,27H,4-5,7,9-14H2,1H3/t17-/m0/s1. The van der Waals surface area contributed by atoms with Crippen molar-refractivity contribution in [1.82, 2.24) is 9.47 Å². The fourth-order valence-corrected chi connectivity index (χ4v) is 4.66. The van der Waals surface area contributed by atoms with Gasteiger partial charge in [-0.05, 0) is 44.2 Å². The van der Waals surface area contributed by atoms with Crippen LogP contribution in [0, 0.1) is 12.7 Å². The minimum atomic E-state index is -0.477. The van der Waals surface area contributed by atoms with E-state index in [1.54, 1.807) is 23.1 Å². The van der Waals surface area contributed by atoms with E-state index in [4.69, 9.17) is 0 Å². The fraction of sp³-hybridized carbons (Fsp3) is 0.478. The quantitative estimate of drug-likeness (QED) is 0.861. The monoisotopic (exact) mass is 398 g/mol. The summed E-state index contributed by atoms with van der Waals surface area (Å²) in [5, 5.41) is 9.89. The largest absolute Gasteiger partial charge is 0.391 e. The Morgan fingerprint density at radius 3 is 2.79 bits per heavy atom. The van der Waals surface area contributed by atoms with E-state index in [1.165, 1.54) is 6.07 Å². The van der Waals surface area contributed by atoms with Gasteiger partial charge in [-0.1, -0.05) is 18.2 Å². The molecule has 0 radical (unpaired) electrons. The third kappa shape index (κ3) is 3.86. The summed E-state index contributed by atoms with van der Waals surface area (Å²) in [7, 11) is 0. The number of aliphatic hydroxyl groups is 1. The molecule has 154 valence electrons. The van der Waals surface area contributed by atoms with Gasteiger partial charge in [-0.25, -0.2) is 4.39 Å². The molecule has 4 rings (SSSR count). The SMILES string of the molecule is Cc1c(CC(=O)N2CCC[C@H](O)C2)c2c(n1Cc1ccccc1F)CCCC2=O. The molecular formula is C23H27FN2O3. The summed E-state index contributed by atoms with van der Waals surface area (Å²) in [6.07, 6.45) is 3.20. The van der Waals surface area contributed by atoms with Gasteiger partial charge in [0.25, 0.3) is 0 Å². The second-order valence-electron chi connectivity index (χ2n) is 8.15. The van der Waals surface area contributed by atoms with Crippen LogP contribution in [0.3, 0.4) is 0 Å². The average molecular weight is 398 g/mol. The van der Waals surface area contributed by atoms with Crippen LogP contribution >= 0.6 is 0 Å². The minimum Gasteiger partial charge on any atom is -0.391 e. The summed E-state index contributed by atoms with van der Waals surface area (Å²) in [6, 6.07) is 6.67. The first-order valence-electron chi connectivity index (χ1n) is 10.4. The molecule has 1 N–H and O–H groups in total. The average Bonchev–Trinajstić information content (AvgIpc) is 2.96. The van der Waals surface area contributed by atoms with Crippen molar-refractivity contribution in [1.29, 1.82) is 0 Å². The van der Waals surface area contributed by atoms with Crippen LogP contribution in [0.5, 0.6) is 0 Å². The fourth-order valence-electron chi connectivity index (χ4n) is 4.66. The van der Waals surface area contributed by atoms with E-state index >= 15 is 0 Å². The maximum atomic E-state index is 14.2. The first-order chi connectivity index (χ1) is 14.0. The first-order valence-corrected chi connectivity index (χ1v) is 10.4. The van der Waals surface area contributed by atoms with Gasteiger partial charge in [-0.15, -0.1) is 0 Å². The predicted molar refractivity (Wildman–Crippen MR) is 107 cm³/mol. The number of hydrogen-bond donors (Lipinski definition) is 1. The van der Waals surface area contributed by atoms with Crippen LogP contribution in [-0.2, 0) is 24.2 Å². The summed E-state index contributed by atoms with van der Waals surface area (Å²) >= 11 is 0. The molecule has 6 heteroatoms. The van der Waals surface area contributed by atoms with Gasteiger partial charge in [-0.2, -0.15) is 0 Å². The van der Waals surface area contributed by atoms with Crippen LogP contribution in [0.4, 0.5) is 4.39 Å². The van der Waals surface area contributed by atoms with Crippen LogP contribution < -0.4 is 0 Å². The zero-order valence-corrected chi connectivity index (χ0v) is 16.8. The van der Waals surface area contributed by atoms with Crippen LogP contribution in [0.15, 0.2) is 24.3 Å². The second kappa shape index (κ2) is 8.11. The Hall–Kier alpha value is -2.47. The number of likely N-dealkylation sites (tertiary alicyclic amines) is 1. The Bertz CT molecular complexity index is 950. The summed E-state index contributed by atoms with van der Waals surface area (Å²) < 4.78 is 16.3. The molecule has 1 aliphatic carbocycles. The van der Waals surface area contributed by atoms with Crippen molar-refractivity contribution in [3.8, 4) is 0 Å². The summed E-state index contributed by atoms with van der Waals surface area (Å²) in [5.41, 5.74) is 3.79. The molecule has 0 saturated carbocycles. The van der Waals surface area contributed by atoms with Crippen molar-refractivity contribution in [2.24, 2.45) is 0 Å². The smallest absolute Gasteiger partial charge is 0.227 e. The molecule has 1 saturated heterocycles. The Labute approximate surface area is 170 Å². The van der Waals surface area contributed by atoms with E-state index in [-0.39, 0.29) is 23.9 Å². The van der Waals surface area contributed by atoms with Crippen molar-refractivity contribution >= 4 is 11.7 Å². The lowest BCUT2D eigenvalue weighted by Crippen LogP contribution is -2.43. The number of β-amino-alcohol motifs (C(OH)–C–C–N with tert-alkyl or cyclic N) is 1. The molecule has 1 amide bonds. The Morgan fingerprint density at radius 2 is 2.03 bits per heavy atom. The van der Waals surface area contributed by atoms with Crippen LogP contribution in [0.2, 0.25) is 0 Å². The lowest BCUT2D eigenvalue weighted by Gasteiger charge is -2.30. The summed E-state index contributed by atoms with van der Waals surface area (Å²) in [5.74, 6) is -0.254. The molecule has 0 spiro atoms. The highest BCUT2D eigenvalue weighted by atomic mass is 19.1. The predicted octanol–water partition coefficient (Wildman–Crippen LogP) is 3.03. The maximum Gasteiger partial charge on any atom is 0.227 e. The van der Waals surface area contributed by atoms with Gasteiger partial charge in [0.15, 0.2) is 5.78 Å². The third-order valence-corrected chi connectivity index (χ3v) is 6.22. The minimum absolute atomic E-state index is 0.0592. The van der Waals surface area contributed by atoms with Gasteiger partial charge >= 0.3 is 0 Å². The summed E-state index contributed by atoms with van der Waals surface area (Å²) in [6.45, 7) is 3.26. The number of Topliss-reactive ketones (excluding diaryl/α,β-unsaturated/α-hetero) is 1.